The van der Waals surface area contributed by atoms with Gasteiger partial charge in [-0.05, 0) is 35.9 Å². The van der Waals surface area contributed by atoms with Crippen molar-refractivity contribution < 1.29 is 0 Å². The molecule has 3 aromatic rings. The van der Waals surface area contributed by atoms with E-state index in [9.17, 15) is 0 Å². The molecule has 0 bridgehead atoms. The van der Waals surface area contributed by atoms with Crippen molar-refractivity contribution in [1.82, 2.24) is 9.78 Å². The maximum atomic E-state index is 9.16. The van der Waals surface area contributed by atoms with E-state index in [2.05, 4.69) is 16.5 Å². The van der Waals surface area contributed by atoms with Crippen LogP contribution in [0.15, 0.2) is 60.9 Å². The number of nitriles is 1. The number of hydrogen-bond acceptors (Lipinski definition) is 3. The van der Waals surface area contributed by atoms with Crippen LogP contribution >= 0.6 is 11.6 Å². The van der Waals surface area contributed by atoms with Crippen LogP contribution in [0.2, 0.25) is 5.02 Å². The van der Waals surface area contributed by atoms with Crippen molar-refractivity contribution in [1.29, 1.82) is 5.26 Å². The molecule has 0 fully saturated rings. The van der Waals surface area contributed by atoms with Gasteiger partial charge >= 0.3 is 0 Å². The molecule has 0 amide bonds. The van der Waals surface area contributed by atoms with Crippen molar-refractivity contribution >= 4 is 17.3 Å². The van der Waals surface area contributed by atoms with E-state index in [4.69, 9.17) is 16.9 Å². The van der Waals surface area contributed by atoms with Crippen LogP contribution in [-0.4, -0.2) is 9.78 Å². The van der Waals surface area contributed by atoms with E-state index >= 15 is 0 Å². The number of nitrogens with zero attached hydrogens (tertiary/aromatic N) is 3. The molecule has 1 aromatic heterocycles. The molecular weight excluding hydrogens is 296 g/mol. The van der Waals surface area contributed by atoms with E-state index in [-0.39, 0.29) is 0 Å². The molecule has 0 aliphatic heterocycles. The van der Waals surface area contributed by atoms with Crippen LogP contribution in [0, 0.1) is 11.3 Å². The topological polar surface area (TPSA) is 53.6 Å². The second kappa shape index (κ2) is 6.33. The maximum Gasteiger partial charge on any atom is 0.101 e. The van der Waals surface area contributed by atoms with Crippen LogP contribution in [0.4, 0.5) is 5.69 Å². The first-order chi connectivity index (χ1) is 10.8. The van der Waals surface area contributed by atoms with Gasteiger partial charge in [-0.2, -0.15) is 10.4 Å². The minimum absolute atomic E-state index is 0.570. The highest BCUT2D eigenvalue weighted by atomic mass is 35.5. The first-order valence-corrected chi connectivity index (χ1v) is 7.17. The number of anilines is 1. The van der Waals surface area contributed by atoms with Gasteiger partial charge in [-0.1, -0.05) is 29.8 Å². The largest absolute Gasteiger partial charge is 0.380 e. The molecule has 1 N–H and O–H groups in total. The molecule has 22 heavy (non-hydrogen) atoms. The van der Waals surface area contributed by atoms with Crippen LogP contribution in [-0.2, 0) is 6.54 Å². The molecule has 2 aromatic carbocycles. The average molecular weight is 309 g/mol. The smallest absolute Gasteiger partial charge is 0.101 e. The maximum absolute atomic E-state index is 9.16. The van der Waals surface area contributed by atoms with E-state index in [0.717, 1.165) is 16.9 Å². The van der Waals surface area contributed by atoms with Crippen LogP contribution in [0.25, 0.3) is 5.69 Å². The van der Waals surface area contributed by atoms with Crippen molar-refractivity contribution in [3.63, 3.8) is 0 Å². The fraction of sp³-hybridized carbons (Fsp3) is 0.0588. The zero-order valence-corrected chi connectivity index (χ0v) is 12.5. The third-order valence-corrected chi connectivity index (χ3v) is 3.55. The minimum atomic E-state index is 0.570. The molecule has 0 atom stereocenters. The lowest BCUT2D eigenvalue weighted by molar-refractivity contribution is 0.864. The summed E-state index contributed by atoms with van der Waals surface area (Å²) in [4.78, 5) is 0. The molecule has 0 saturated heterocycles. The van der Waals surface area contributed by atoms with Crippen molar-refractivity contribution in [2.75, 3.05) is 5.32 Å². The lowest BCUT2D eigenvalue weighted by Gasteiger charge is -2.12. The molecule has 4 nitrogen and oxygen atoms in total. The van der Waals surface area contributed by atoms with Crippen LogP contribution < -0.4 is 5.32 Å². The number of aromatic nitrogens is 2. The summed E-state index contributed by atoms with van der Waals surface area (Å²) in [5.41, 5.74) is 3.38. The van der Waals surface area contributed by atoms with Gasteiger partial charge in [0.2, 0.25) is 0 Å². The lowest BCUT2D eigenvalue weighted by Crippen LogP contribution is -2.06. The Morgan fingerprint density at radius 3 is 2.82 bits per heavy atom. The molecule has 0 aliphatic rings. The zero-order chi connectivity index (χ0) is 15.4. The number of rotatable bonds is 4. The Labute approximate surface area is 133 Å². The van der Waals surface area contributed by atoms with Gasteiger partial charge in [-0.15, -0.1) is 0 Å². The van der Waals surface area contributed by atoms with Gasteiger partial charge in [0, 0.05) is 24.0 Å². The van der Waals surface area contributed by atoms with Crippen LogP contribution in [0.5, 0.6) is 0 Å². The molecule has 0 spiro atoms. The van der Waals surface area contributed by atoms with Gasteiger partial charge in [-0.3, -0.25) is 0 Å². The molecule has 0 aliphatic carbocycles. The summed E-state index contributed by atoms with van der Waals surface area (Å²) in [6.45, 7) is 0.574. The Morgan fingerprint density at radius 2 is 2.05 bits per heavy atom. The highest BCUT2D eigenvalue weighted by molar-refractivity contribution is 6.30. The summed E-state index contributed by atoms with van der Waals surface area (Å²) in [5.74, 6) is 0. The molecule has 5 heteroatoms. The summed E-state index contributed by atoms with van der Waals surface area (Å²) in [7, 11) is 0. The van der Waals surface area contributed by atoms with E-state index in [1.165, 1.54) is 0 Å². The summed E-state index contributed by atoms with van der Waals surface area (Å²) in [5, 5.41) is 17.3. The second-order valence-corrected chi connectivity index (χ2v) is 5.17. The molecule has 3 rings (SSSR count). The number of hydrogen-bond donors (Lipinski definition) is 1. The van der Waals surface area contributed by atoms with E-state index in [0.29, 0.717) is 17.1 Å². The summed E-state index contributed by atoms with van der Waals surface area (Å²) >= 11 is 6.00. The predicted molar refractivity (Wildman–Crippen MR) is 87.1 cm³/mol. The highest BCUT2D eigenvalue weighted by Crippen LogP contribution is 2.22. The SMILES string of the molecule is N#Cc1ccc(Cl)cc1NCc1ccccc1-n1cccn1. The van der Waals surface area contributed by atoms with Crippen LogP contribution in [0.1, 0.15) is 11.1 Å². The van der Waals surface area contributed by atoms with Crippen molar-refractivity contribution in [2.45, 2.75) is 6.54 Å². The Bertz CT molecular complexity index is 819. The highest BCUT2D eigenvalue weighted by Gasteiger charge is 2.06. The average Bonchev–Trinajstić information content (AvgIpc) is 3.07. The summed E-state index contributed by atoms with van der Waals surface area (Å²) in [6, 6.07) is 17.2. The fourth-order valence-electron chi connectivity index (χ4n) is 2.25. The zero-order valence-electron chi connectivity index (χ0n) is 11.7. The molecule has 0 radical (unpaired) electrons. The van der Waals surface area contributed by atoms with E-state index < -0.39 is 0 Å². The number of nitrogens with one attached hydrogen (secondary N) is 1. The minimum Gasteiger partial charge on any atom is -0.380 e. The third kappa shape index (κ3) is 2.95. The molecule has 0 saturated carbocycles. The van der Waals surface area contributed by atoms with E-state index in [1.54, 1.807) is 24.4 Å². The van der Waals surface area contributed by atoms with Gasteiger partial charge in [0.15, 0.2) is 0 Å². The quantitative estimate of drug-likeness (QED) is 0.792. The van der Waals surface area contributed by atoms with Gasteiger partial charge in [0.1, 0.15) is 6.07 Å². The summed E-state index contributed by atoms with van der Waals surface area (Å²) in [6.07, 6.45) is 3.65. The number of halogens is 1. The first-order valence-electron chi connectivity index (χ1n) is 6.79. The lowest BCUT2D eigenvalue weighted by atomic mass is 10.1. The number of para-hydroxylation sites is 1. The Kier molecular flexibility index (Phi) is 4.08. The monoisotopic (exact) mass is 308 g/mol. The molecule has 1 heterocycles. The van der Waals surface area contributed by atoms with Crippen molar-refractivity contribution in [3.05, 3.63) is 77.1 Å². The van der Waals surface area contributed by atoms with Gasteiger partial charge in [0.25, 0.3) is 0 Å². The summed E-state index contributed by atoms with van der Waals surface area (Å²) < 4.78 is 1.82. The van der Waals surface area contributed by atoms with Crippen molar-refractivity contribution in [2.24, 2.45) is 0 Å². The van der Waals surface area contributed by atoms with Gasteiger partial charge < -0.3 is 5.32 Å². The fourth-order valence-corrected chi connectivity index (χ4v) is 2.42. The molecule has 0 unspecified atom stereocenters. The van der Waals surface area contributed by atoms with Crippen molar-refractivity contribution in [3.8, 4) is 11.8 Å². The predicted octanol–water partition coefficient (Wildman–Crippen LogP) is 4.01. The normalized spacial score (nSPS) is 10.2. The van der Waals surface area contributed by atoms with Gasteiger partial charge in [0.05, 0.1) is 16.9 Å². The third-order valence-electron chi connectivity index (χ3n) is 3.31. The molecule has 108 valence electrons. The standard InChI is InChI=1S/C17H13ClN4/c18-15-7-6-13(11-19)16(10-15)20-12-14-4-1-2-5-17(14)22-9-3-8-21-22/h1-10,20H,12H2. The molecular formula is C17H13ClN4. The first kappa shape index (κ1) is 14.2. The van der Waals surface area contributed by atoms with Crippen LogP contribution in [0.3, 0.4) is 0 Å². The Balaban J connectivity index is 1.87. The van der Waals surface area contributed by atoms with Gasteiger partial charge in [-0.25, -0.2) is 4.68 Å². The second-order valence-electron chi connectivity index (χ2n) is 4.73. The Morgan fingerprint density at radius 1 is 1.18 bits per heavy atom. The number of benzene rings is 2. The Hall–Kier alpha value is -2.77. The van der Waals surface area contributed by atoms with E-state index in [1.807, 2.05) is 41.2 Å².